The first-order valence-corrected chi connectivity index (χ1v) is 4.86. The maximum atomic E-state index is 4.47. The van der Waals surface area contributed by atoms with Crippen LogP contribution in [0.1, 0.15) is 11.3 Å². The summed E-state index contributed by atoms with van der Waals surface area (Å²) in [5.74, 6) is 0. The molecule has 0 aromatic carbocycles. The minimum atomic E-state index is 0.934. The zero-order valence-corrected chi connectivity index (χ0v) is 7.24. The number of pyridine rings is 1. The van der Waals surface area contributed by atoms with E-state index in [0.29, 0.717) is 0 Å². The van der Waals surface area contributed by atoms with Gasteiger partial charge in [0.2, 0.25) is 0 Å². The lowest BCUT2D eigenvalue weighted by Gasteiger charge is -1.98. The number of hydrogen-bond donors (Lipinski definition) is 1. The Labute approximate surface area is 70.4 Å². The molecule has 0 saturated heterocycles. The summed E-state index contributed by atoms with van der Waals surface area (Å²) in [7, 11) is 0. The topological polar surface area (TPSA) is 24.9 Å². The molecule has 1 aromatic rings. The van der Waals surface area contributed by atoms with E-state index < -0.39 is 0 Å². The minimum absolute atomic E-state index is 0.934. The highest BCUT2D eigenvalue weighted by atomic mass is 32.2. The van der Waals surface area contributed by atoms with Crippen molar-refractivity contribution in [3.63, 3.8) is 0 Å². The van der Waals surface area contributed by atoms with Gasteiger partial charge in [0, 0.05) is 13.1 Å². The summed E-state index contributed by atoms with van der Waals surface area (Å²) in [4.78, 5) is 4.47. The largest absolute Gasteiger partial charge is 0.307 e. The van der Waals surface area contributed by atoms with Gasteiger partial charge < -0.3 is 5.32 Å². The number of aromatic nitrogens is 1. The van der Waals surface area contributed by atoms with Crippen molar-refractivity contribution in [1.29, 1.82) is 0 Å². The van der Waals surface area contributed by atoms with Crippen LogP contribution in [0.2, 0.25) is 0 Å². The Bertz CT molecular complexity index is 273. The second-order valence-corrected chi connectivity index (χ2v) is 3.39. The van der Waals surface area contributed by atoms with Crippen molar-refractivity contribution in [3.05, 3.63) is 23.4 Å². The van der Waals surface area contributed by atoms with Crippen molar-refractivity contribution in [3.8, 4) is 0 Å². The lowest BCUT2D eigenvalue weighted by atomic mass is 10.2. The van der Waals surface area contributed by atoms with E-state index in [4.69, 9.17) is 0 Å². The third-order valence-electron chi connectivity index (χ3n) is 1.86. The quantitative estimate of drug-likeness (QED) is 0.638. The first kappa shape index (κ1) is 7.13. The number of fused-ring (bicyclic) bond motifs is 1. The molecule has 3 heteroatoms. The summed E-state index contributed by atoms with van der Waals surface area (Å²) < 4.78 is 0. The SMILES string of the molecule is CSc1ccc2c(n1)CNC2. The van der Waals surface area contributed by atoms with E-state index in [9.17, 15) is 0 Å². The molecule has 0 unspecified atom stereocenters. The van der Waals surface area contributed by atoms with E-state index in [1.807, 2.05) is 0 Å². The van der Waals surface area contributed by atoms with Crippen molar-refractivity contribution >= 4 is 11.8 Å². The third-order valence-corrected chi connectivity index (χ3v) is 2.51. The van der Waals surface area contributed by atoms with Gasteiger partial charge >= 0.3 is 0 Å². The molecule has 1 aliphatic heterocycles. The van der Waals surface area contributed by atoms with Crippen LogP contribution in [0.25, 0.3) is 0 Å². The molecule has 2 heterocycles. The van der Waals surface area contributed by atoms with E-state index >= 15 is 0 Å². The van der Waals surface area contributed by atoms with Crippen molar-refractivity contribution in [2.45, 2.75) is 18.1 Å². The molecule has 0 atom stereocenters. The maximum absolute atomic E-state index is 4.47. The fraction of sp³-hybridized carbons (Fsp3) is 0.375. The average Bonchev–Trinajstić information content (AvgIpc) is 2.50. The number of rotatable bonds is 1. The van der Waals surface area contributed by atoms with Crippen LogP contribution in [-0.2, 0) is 13.1 Å². The van der Waals surface area contributed by atoms with Gasteiger partial charge in [-0.25, -0.2) is 4.98 Å². The molecule has 58 valence electrons. The van der Waals surface area contributed by atoms with Gasteiger partial charge in [0.15, 0.2) is 0 Å². The first-order valence-electron chi connectivity index (χ1n) is 3.63. The van der Waals surface area contributed by atoms with Crippen LogP contribution >= 0.6 is 11.8 Å². The average molecular weight is 166 g/mol. The molecule has 0 amide bonds. The lowest BCUT2D eigenvalue weighted by Crippen LogP contribution is -2.00. The van der Waals surface area contributed by atoms with E-state index in [2.05, 4.69) is 28.7 Å². The van der Waals surface area contributed by atoms with Crippen LogP contribution < -0.4 is 5.32 Å². The lowest BCUT2D eigenvalue weighted by molar-refractivity contribution is 0.755. The monoisotopic (exact) mass is 166 g/mol. The van der Waals surface area contributed by atoms with Crippen LogP contribution in [-0.4, -0.2) is 11.2 Å². The molecule has 0 fully saturated rings. The van der Waals surface area contributed by atoms with Crippen molar-refractivity contribution in [2.24, 2.45) is 0 Å². The van der Waals surface area contributed by atoms with E-state index in [-0.39, 0.29) is 0 Å². The predicted molar refractivity (Wildman–Crippen MR) is 46.6 cm³/mol. The summed E-state index contributed by atoms with van der Waals surface area (Å²) in [6, 6.07) is 4.24. The molecule has 0 saturated carbocycles. The van der Waals surface area contributed by atoms with Gasteiger partial charge in [-0.3, -0.25) is 0 Å². The molecule has 2 rings (SSSR count). The zero-order valence-electron chi connectivity index (χ0n) is 6.42. The molecule has 0 aliphatic carbocycles. The number of nitrogens with one attached hydrogen (secondary N) is 1. The summed E-state index contributed by atoms with van der Waals surface area (Å²) in [6.07, 6.45) is 2.05. The van der Waals surface area contributed by atoms with E-state index in [1.165, 1.54) is 11.3 Å². The molecular formula is C8H10N2S. The van der Waals surface area contributed by atoms with Gasteiger partial charge in [-0.05, 0) is 17.9 Å². The summed E-state index contributed by atoms with van der Waals surface area (Å²) in [5.41, 5.74) is 2.57. The van der Waals surface area contributed by atoms with Gasteiger partial charge in [0.25, 0.3) is 0 Å². The highest BCUT2D eigenvalue weighted by Crippen LogP contribution is 2.18. The number of thioether (sulfide) groups is 1. The molecule has 0 spiro atoms. The molecule has 1 aliphatic rings. The van der Waals surface area contributed by atoms with E-state index in [0.717, 1.165) is 18.1 Å². The maximum Gasteiger partial charge on any atom is 0.0961 e. The van der Waals surface area contributed by atoms with Crippen LogP contribution in [0, 0.1) is 0 Å². The first-order chi connectivity index (χ1) is 5.40. The van der Waals surface area contributed by atoms with Crippen LogP contribution in [0.3, 0.4) is 0 Å². The van der Waals surface area contributed by atoms with Crippen LogP contribution in [0.4, 0.5) is 0 Å². The summed E-state index contributed by atoms with van der Waals surface area (Å²) in [5, 5.41) is 4.39. The van der Waals surface area contributed by atoms with Crippen molar-refractivity contribution < 1.29 is 0 Å². The third kappa shape index (κ3) is 1.26. The number of hydrogen-bond acceptors (Lipinski definition) is 3. The summed E-state index contributed by atoms with van der Waals surface area (Å²) >= 11 is 1.70. The molecule has 0 radical (unpaired) electrons. The fourth-order valence-electron chi connectivity index (χ4n) is 1.25. The molecule has 1 aromatic heterocycles. The molecule has 2 nitrogen and oxygen atoms in total. The van der Waals surface area contributed by atoms with Crippen molar-refractivity contribution in [1.82, 2.24) is 10.3 Å². The second kappa shape index (κ2) is 2.83. The normalized spacial score (nSPS) is 15.0. The Kier molecular flexibility index (Phi) is 1.84. The smallest absolute Gasteiger partial charge is 0.0961 e. The van der Waals surface area contributed by atoms with Gasteiger partial charge in [-0.15, -0.1) is 11.8 Å². The molecular weight excluding hydrogens is 156 g/mol. The fourth-order valence-corrected chi connectivity index (χ4v) is 1.66. The Morgan fingerprint density at radius 2 is 2.36 bits per heavy atom. The van der Waals surface area contributed by atoms with Gasteiger partial charge in [0.1, 0.15) is 0 Å². The van der Waals surface area contributed by atoms with Gasteiger partial charge in [-0.2, -0.15) is 0 Å². The molecule has 0 bridgehead atoms. The Morgan fingerprint density at radius 1 is 1.45 bits per heavy atom. The molecule has 1 N–H and O–H groups in total. The highest BCUT2D eigenvalue weighted by molar-refractivity contribution is 7.98. The molecule has 11 heavy (non-hydrogen) atoms. The van der Waals surface area contributed by atoms with E-state index in [1.54, 1.807) is 11.8 Å². The Hall–Kier alpha value is -0.540. The highest BCUT2D eigenvalue weighted by Gasteiger charge is 2.10. The van der Waals surface area contributed by atoms with Gasteiger partial charge in [0.05, 0.1) is 10.7 Å². The standard InChI is InChI=1S/C8H10N2S/c1-11-8-3-2-6-4-9-5-7(6)10-8/h2-3,9H,4-5H2,1H3. The predicted octanol–water partition coefficient (Wildman–Crippen LogP) is 1.41. The Morgan fingerprint density at radius 3 is 3.18 bits per heavy atom. The number of nitrogens with zero attached hydrogens (tertiary/aromatic N) is 1. The zero-order chi connectivity index (χ0) is 7.68. The van der Waals surface area contributed by atoms with Crippen LogP contribution in [0.15, 0.2) is 17.2 Å². The van der Waals surface area contributed by atoms with Crippen LogP contribution in [0.5, 0.6) is 0 Å². The second-order valence-electron chi connectivity index (χ2n) is 2.56. The Balaban J connectivity index is 2.41. The summed E-state index contributed by atoms with van der Waals surface area (Å²) in [6.45, 7) is 1.92. The minimum Gasteiger partial charge on any atom is -0.307 e. The van der Waals surface area contributed by atoms with Gasteiger partial charge in [-0.1, -0.05) is 6.07 Å². The van der Waals surface area contributed by atoms with Crippen molar-refractivity contribution in [2.75, 3.05) is 6.26 Å².